The highest BCUT2D eigenvalue weighted by Gasteiger charge is 2.09. The van der Waals surface area contributed by atoms with Crippen LogP contribution in [0.1, 0.15) is 31.0 Å². The second-order valence-corrected chi connectivity index (χ2v) is 5.78. The molecule has 0 atom stereocenters. The zero-order valence-corrected chi connectivity index (χ0v) is 12.6. The predicted molar refractivity (Wildman–Crippen MR) is 86.8 cm³/mol. The Morgan fingerprint density at radius 2 is 1.85 bits per heavy atom. The van der Waals surface area contributed by atoms with Gasteiger partial charge in [-0.2, -0.15) is 0 Å². The van der Waals surface area contributed by atoms with Gasteiger partial charge in [0.25, 0.3) is 0 Å². The van der Waals surface area contributed by atoms with Gasteiger partial charge in [0.1, 0.15) is 0 Å². The summed E-state index contributed by atoms with van der Waals surface area (Å²) < 4.78 is 2.99. The Hall–Kier alpha value is -1.87. The molecule has 0 aliphatic carbocycles. The molecule has 3 aromatic rings. The third-order valence-corrected chi connectivity index (χ3v) is 4.04. The summed E-state index contributed by atoms with van der Waals surface area (Å²) in [7, 11) is 0. The number of aromatic nitrogens is 2. The van der Waals surface area contributed by atoms with E-state index in [4.69, 9.17) is 12.2 Å². The summed E-state index contributed by atoms with van der Waals surface area (Å²) >= 11 is 5.42. The molecule has 20 heavy (non-hydrogen) atoms. The summed E-state index contributed by atoms with van der Waals surface area (Å²) in [6, 6.07) is 14.9. The van der Waals surface area contributed by atoms with Crippen molar-refractivity contribution in [1.82, 2.24) is 9.55 Å². The van der Waals surface area contributed by atoms with Gasteiger partial charge in [0, 0.05) is 11.9 Å². The number of H-pyrrole nitrogens is 1. The summed E-state index contributed by atoms with van der Waals surface area (Å²) in [6.07, 6.45) is 2.03. The van der Waals surface area contributed by atoms with Crippen molar-refractivity contribution in [3.8, 4) is 0 Å². The summed E-state index contributed by atoms with van der Waals surface area (Å²) in [4.78, 5) is 3.16. The van der Waals surface area contributed by atoms with Crippen LogP contribution < -0.4 is 0 Å². The second kappa shape index (κ2) is 5.25. The summed E-state index contributed by atoms with van der Waals surface area (Å²) in [5.41, 5.74) is 2.56. The summed E-state index contributed by atoms with van der Waals surface area (Å²) in [5.74, 6) is 0.456. The largest absolute Gasteiger partial charge is 0.337 e. The molecule has 0 spiro atoms. The minimum atomic E-state index is 0.456. The fourth-order valence-corrected chi connectivity index (χ4v) is 2.88. The summed E-state index contributed by atoms with van der Waals surface area (Å²) in [6.45, 7) is 5.20. The number of fused-ring (bicyclic) bond motifs is 1. The smallest absolute Gasteiger partial charge is 0.177 e. The lowest BCUT2D eigenvalue weighted by Gasteiger charge is -2.12. The molecule has 1 aromatic heterocycles. The molecule has 0 fully saturated rings. The lowest BCUT2D eigenvalue weighted by molar-refractivity contribution is 0.687. The zero-order valence-electron chi connectivity index (χ0n) is 11.8. The molecule has 0 unspecified atom stereocenters. The van der Waals surface area contributed by atoms with Gasteiger partial charge in [0.05, 0.1) is 6.54 Å². The van der Waals surface area contributed by atoms with Crippen molar-refractivity contribution in [2.75, 3.05) is 0 Å². The van der Waals surface area contributed by atoms with E-state index in [0.717, 1.165) is 11.3 Å². The Kier molecular flexibility index (Phi) is 3.45. The fourth-order valence-electron chi connectivity index (χ4n) is 2.65. The first kappa shape index (κ1) is 13.1. The van der Waals surface area contributed by atoms with Crippen LogP contribution in [0.5, 0.6) is 0 Å². The average Bonchev–Trinajstić information content (AvgIpc) is 2.81. The van der Waals surface area contributed by atoms with E-state index in [1.54, 1.807) is 0 Å². The molecule has 0 saturated heterocycles. The minimum absolute atomic E-state index is 0.456. The van der Waals surface area contributed by atoms with Gasteiger partial charge >= 0.3 is 0 Å². The Labute approximate surface area is 124 Å². The van der Waals surface area contributed by atoms with Crippen molar-refractivity contribution in [1.29, 1.82) is 0 Å². The third kappa shape index (κ3) is 2.29. The predicted octanol–water partition coefficient (Wildman–Crippen LogP) is 4.87. The van der Waals surface area contributed by atoms with E-state index < -0.39 is 0 Å². The fraction of sp³-hybridized carbons (Fsp3) is 0.235. The van der Waals surface area contributed by atoms with Crippen LogP contribution in [0, 0.1) is 4.77 Å². The first-order chi connectivity index (χ1) is 9.66. The van der Waals surface area contributed by atoms with Gasteiger partial charge in [-0.05, 0) is 34.5 Å². The van der Waals surface area contributed by atoms with Gasteiger partial charge in [-0.3, -0.25) is 0 Å². The minimum Gasteiger partial charge on any atom is -0.337 e. The molecule has 0 bridgehead atoms. The number of nitrogens with zero attached hydrogens (tertiary/aromatic N) is 1. The molecule has 0 aliphatic heterocycles. The Morgan fingerprint density at radius 1 is 1.10 bits per heavy atom. The van der Waals surface area contributed by atoms with Gasteiger partial charge in [-0.25, -0.2) is 0 Å². The van der Waals surface area contributed by atoms with Crippen LogP contribution in [0.3, 0.4) is 0 Å². The van der Waals surface area contributed by atoms with Gasteiger partial charge < -0.3 is 9.55 Å². The molecule has 1 N–H and O–H groups in total. The van der Waals surface area contributed by atoms with Gasteiger partial charge in [0.15, 0.2) is 4.77 Å². The molecule has 3 rings (SSSR count). The van der Waals surface area contributed by atoms with Crippen molar-refractivity contribution in [2.24, 2.45) is 0 Å². The van der Waals surface area contributed by atoms with Crippen LogP contribution in [0.25, 0.3) is 10.8 Å². The molecule has 2 aromatic carbocycles. The first-order valence-electron chi connectivity index (χ1n) is 6.91. The molecule has 0 amide bonds. The monoisotopic (exact) mass is 282 g/mol. The quantitative estimate of drug-likeness (QED) is 0.680. The van der Waals surface area contributed by atoms with Crippen molar-refractivity contribution >= 4 is 23.0 Å². The topological polar surface area (TPSA) is 20.7 Å². The molecule has 102 valence electrons. The maximum absolute atomic E-state index is 5.42. The molecule has 0 radical (unpaired) electrons. The van der Waals surface area contributed by atoms with Crippen LogP contribution in [0.2, 0.25) is 0 Å². The lowest BCUT2D eigenvalue weighted by atomic mass is 10.0. The molecule has 1 heterocycles. The molecule has 0 saturated carbocycles. The number of imidazole rings is 1. The average molecular weight is 282 g/mol. The van der Waals surface area contributed by atoms with E-state index in [2.05, 4.69) is 65.9 Å². The van der Waals surface area contributed by atoms with Crippen molar-refractivity contribution in [3.63, 3.8) is 0 Å². The highest BCUT2D eigenvalue weighted by molar-refractivity contribution is 7.71. The molecule has 3 heteroatoms. The molecule has 0 aliphatic rings. The number of aromatic amines is 1. The SMILES string of the molecule is CC(C)c1c[nH]c(=S)n1Cc1cccc2ccccc12. The van der Waals surface area contributed by atoms with E-state index in [-0.39, 0.29) is 0 Å². The van der Waals surface area contributed by atoms with Gasteiger partial charge in [-0.1, -0.05) is 56.3 Å². The van der Waals surface area contributed by atoms with Crippen LogP contribution in [-0.4, -0.2) is 9.55 Å². The van der Waals surface area contributed by atoms with Crippen molar-refractivity contribution in [2.45, 2.75) is 26.3 Å². The number of hydrogen-bond acceptors (Lipinski definition) is 1. The maximum atomic E-state index is 5.42. The van der Waals surface area contributed by atoms with Gasteiger partial charge in [-0.15, -0.1) is 0 Å². The Bertz CT molecular complexity index is 791. The Morgan fingerprint density at radius 3 is 2.65 bits per heavy atom. The second-order valence-electron chi connectivity index (χ2n) is 5.40. The van der Waals surface area contributed by atoms with Gasteiger partial charge in [0.2, 0.25) is 0 Å². The normalized spacial score (nSPS) is 11.3. The van der Waals surface area contributed by atoms with E-state index in [1.807, 2.05) is 6.20 Å². The standard InChI is InChI=1S/C17H18N2S/c1-12(2)16-10-18-17(20)19(16)11-14-8-5-7-13-6-3-4-9-15(13)14/h3-10,12H,11H2,1-2H3,(H,18,20). The van der Waals surface area contributed by atoms with Crippen LogP contribution in [0.15, 0.2) is 48.7 Å². The maximum Gasteiger partial charge on any atom is 0.177 e. The molecular weight excluding hydrogens is 264 g/mol. The highest BCUT2D eigenvalue weighted by atomic mass is 32.1. The third-order valence-electron chi connectivity index (χ3n) is 3.70. The zero-order chi connectivity index (χ0) is 14.1. The first-order valence-corrected chi connectivity index (χ1v) is 7.32. The molecule has 2 nitrogen and oxygen atoms in total. The van der Waals surface area contributed by atoms with Crippen LogP contribution in [-0.2, 0) is 6.54 Å². The molecular formula is C17H18N2S. The van der Waals surface area contributed by atoms with Crippen molar-refractivity contribution in [3.05, 3.63) is 64.7 Å². The van der Waals surface area contributed by atoms with E-state index in [1.165, 1.54) is 22.0 Å². The summed E-state index contributed by atoms with van der Waals surface area (Å²) in [5, 5.41) is 2.57. The Balaban J connectivity index is 2.10. The van der Waals surface area contributed by atoms with E-state index in [9.17, 15) is 0 Å². The van der Waals surface area contributed by atoms with Crippen LogP contribution in [0.4, 0.5) is 0 Å². The van der Waals surface area contributed by atoms with Crippen molar-refractivity contribution < 1.29 is 0 Å². The number of nitrogens with one attached hydrogen (secondary N) is 1. The number of benzene rings is 2. The van der Waals surface area contributed by atoms with E-state index >= 15 is 0 Å². The van der Waals surface area contributed by atoms with E-state index in [0.29, 0.717) is 5.92 Å². The number of rotatable bonds is 3. The van der Waals surface area contributed by atoms with Crippen LogP contribution >= 0.6 is 12.2 Å². The number of hydrogen-bond donors (Lipinski definition) is 1. The highest BCUT2D eigenvalue weighted by Crippen LogP contribution is 2.22. The lowest BCUT2D eigenvalue weighted by Crippen LogP contribution is -2.06.